The number of benzene rings is 1. The van der Waals surface area contributed by atoms with Crippen LogP contribution in [0.15, 0.2) is 49.2 Å². The van der Waals surface area contributed by atoms with Gasteiger partial charge in [-0.25, -0.2) is 0 Å². The van der Waals surface area contributed by atoms with Crippen molar-refractivity contribution in [2.75, 3.05) is 5.32 Å². The lowest BCUT2D eigenvalue weighted by atomic mass is 10.1. The van der Waals surface area contributed by atoms with Gasteiger partial charge in [-0.3, -0.25) is 9.89 Å². The van der Waals surface area contributed by atoms with Crippen LogP contribution in [0, 0.1) is 0 Å². The SMILES string of the molecule is C=CC(=O)Nc1cccc(-c2ccn[nH]2)c1. The molecule has 4 heteroatoms. The number of carbonyl (C=O) groups excluding carboxylic acids is 1. The molecule has 0 saturated heterocycles. The first-order valence-corrected chi connectivity index (χ1v) is 4.83. The number of hydrogen-bond donors (Lipinski definition) is 2. The number of aromatic amines is 1. The lowest BCUT2D eigenvalue weighted by Gasteiger charge is -2.04. The molecular weight excluding hydrogens is 202 g/mol. The summed E-state index contributed by atoms with van der Waals surface area (Å²) in [7, 11) is 0. The average molecular weight is 213 g/mol. The van der Waals surface area contributed by atoms with Crippen LogP contribution in [0.3, 0.4) is 0 Å². The largest absolute Gasteiger partial charge is 0.323 e. The van der Waals surface area contributed by atoms with Crippen LogP contribution in [0.25, 0.3) is 11.3 Å². The van der Waals surface area contributed by atoms with Crippen LogP contribution in [0.2, 0.25) is 0 Å². The number of amides is 1. The summed E-state index contributed by atoms with van der Waals surface area (Å²) in [5.41, 5.74) is 2.62. The van der Waals surface area contributed by atoms with E-state index >= 15 is 0 Å². The smallest absolute Gasteiger partial charge is 0.247 e. The first kappa shape index (κ1) is 10.2. The molecule has 0 bridgehead atoms. The van der Waals surface area contributed by atoms with E-state index < -0.39 is 0 Å². The van der Waals surface area contributed by atoms with Crippen molar-refractivity contribution in [3.63, 3.8) is 0 Å². The van der Waals surface area contributed by atoms with Crippen molar-refractivity contribution in [3.8, 4) is 11.3 Å². The summed E-state index contributed by atoms with van der Waals surface area (Å²) in [6.45, 7) is 3.40. The van der Waals surface area contributed by atoms with E-state index in [1.807, 2.05) is 30.3 Å². The highest BCUT2D eigenvalue weighted by molar-refractivity contribution is 5.99. The highest BCUT2D eigenvalue weighted by atomic mass is 16.1. The summed E-state index contributed by atoms with van der Waals surface area (Å²) < 4.78 is 0. The normalized spacial score (nSPS) is 9.75. The maximum absolute atomic E-state index is 11.1. The molecule has 16 heavy (non-hydrogen) atoms. The highest BCUT2D eigenvalue weighted by Crippen LogP contribution is 2.20. The Bertz CT molecular complexity index is 503. The van der Waals surface area contributed by atoms with E-state index in [0.717, 1.165) is 16.9 Å². The van der Waals surface area contributed by atoms with Crippen LogP contribution >= 0.6 is 0 Å². The Morgan fingerprint density at radius 3 is 3.00 bits per heavy atom. The van der Waals surface area contributed by atoms with Gasteiger partial charge in [0.05, 0.1) is 5.69 Å². The topological polar surface area (TPSA) is 57.8 Å². The van der Waals surface area contributed by atoms with E-state index in [4.69, 9.17) is 0 Å². The summed E-state index contributed by atoms with van der Waals surface area (Å²) in [5, 5.41) is 9.44. The zero-order valence-corrected chi connectivity index (χ0v) is 8.60. The lowest BCUT2D eigenvalue weighted by Crippen LogP contribution is -2.06. The molecule has 1 heterocycles. The van der Waals surface area contributed by atoms with Gasteiger partial charge in [0.25, 0.3) is 0 Å². The molecule has 80 valence electrons. The van der Waals surface area contributed by atoms with Gasteiger partial charge in [-0.1, -0.05) is 18.7 Å². The standard InChI is InChI=1S/C12H11N3O/c1-2-12(16)14-10-5-3-4-9(8-10)11-6-7-13-15-11/h2-8H,1H2,(H,13,15)(H,14,16). The molecule has 0 fully saturated rings. The molecule has 0 unspecified atom stereocenters. The summed E-state index contributed by atoms with van der Waals surface area (Å²) >= 11 is 0. The summed E-state index contributed by atoms with van der Waals surface area (Å²) in [4.78, 5) is 11.1. The molecule has 2 rings (SSSR count). The van der Waals surface area contributed by atoms with Crippen LogP contribution in [-0.2, 0) is 4.79 Å². The number of aromatic nitrogens is 2. The molecule has 0 radical (unpaired) electrons. The molecule has 2 N–H and O–H groups in total. The second kappa shape index (κ2) is 4.44. The maximum Gasteiger partial charge on any atom is 0.247 e. The Hall–Kier alpha value is -2.36. The lowest BCUT2D eigenvalue weighted by molar-refractivity contribution is -0.111. The quantitative estimate of drug-likeness (QED) is 0.768. The molecule has 2 aromatic rings. The molecule has 1 aromatic carbocycles. The molecule has 0 spiro atoms. The molecule has 1 amide bonds. The van der Waals surface area contributed by atoms with Crippen LogP contribution in [0.5, 0.6) is 0 Å². The van der Waals surface area contributed by atoms with Gasteiger partial charge in [0, 0.05) is 17.4 Å². The van der Waals surface area contributed by atoms with Crippen LogP contribution < -0.4 is 5.32 Å². The third kappa shape index (κ3) is 2.17. The Kier molecular flexibility index (Phi) is 2.82. The zero-order chi connectivity index (χ0) is 11.4. The summed E-state index contributed by atoms with van der Waals surface area (Å²) in [6.07, 6.45) is 2.92. The molecule has 0 aliphatic rings. The van der Waals surface area contributed by atoms with Gasteiger partial charge in [-0.15, -0.1) is 0 Å². The summed E-state index contributed by atoms with van der Waals surface area (Å²) in [5.74, 6) is -0.221. The molecule has 1 aromatic heterocycles. The minimum atomic E-state index is -0.221. The number of nitrogens with one attached hydrogen (secondary N) is 2. The van der Waals surface area contributed by atoms with Crippen molar-refractivity contribution in [3.05, 3.63) is 49.2 Å². The van der Waals surface area contributed by atoms with Gasteiger partial charge < -0.3 is 5.32 Å². The van der Waals surface area contributed by atoms with Gasteiger partial charge in [0.2, 0.25) is 5.91 Å². The third-order valence-corrected chi connectivity index (χ3v) is 2.13. The number of rotatable bonds is 3. The monoisotopic (exact) mass is 213 g/mol. The molecule has 0 atom stereocenters. The third-order valence-electron chi connectivity index (χ3n) is 2.13. The van der Waals surface area contributed by atoms with Gasteiger partial charge >= 0.3 is 0 Å². The van der Waals surface area contributed by atoms with Crippen molar-refractivity contribution in [2.45, 2.75) is 0 Å². The highest BCUT2D eigenvalue weighted by Gasteiger charge is 2.01. The number of hydrogen-bond acceptors (Lipinski definition) is 2. The number of H-pyrrole nitrogens is 1. The molecule has 0 aliphatic heterocycles. The van der Waals surface area contributed by atoms with E-state index in [1.54, 1.807) is 6.20 Å². The van der Waals surface area contributed by atoms with Gasteiger partial charge in [-0.2, -0.15) is 5.10 Å². The second-order valence-corrected chi connectivity index (χ2v) is 3.24. The van der Waals surface area contributed by atoms with Crippen molar-refractivity contribution in [2.24, 2.45) is 0 Å². The van der Waals surface area contributed by atoms with Gasteiger partial charge in [-0.05, 0) is 24.3 Å². The fourth-order valence-corrected chi connectivity index (χ4v) is 1.37. The minimum absolute atomic E-state index is 0.221. The molecule has 4 nitrogen and oxygen atoms in total. The Labute approximate surface area is 93.0 Å². The van der Waals surface area contributed by atoms with Crippen LogP contribution in [0.4, 0.5) is 5.69 Å². The van der Waals surface area contributed by atoms with E-state index in [2.05, 4.69) is 22.1 Å². The Morgan fingerprint density at radius 1 is 1.44 bits per heavy atom. The van der Waals surface area contributed by atoms with Crippen LogP contribution in [0.1, 0.15) is 0 Å². The second-order valence-electron chi connectivity index (χ2n) is 3.24. The number of nitrogens with zero attached hydrogens (tertiary/aromatic N) is 1. The first-order valence-electron chi connectivity index (χ1n) is 4.83. The Morgan fingerprint density at radius 2 is 2.31 bits per heavy atom. The predicted octanol–water partition coefficient (Wildman–Crippen LogP) is 2.20. The van der Waals surface area contributed by atoms with E-state index in [9.17, 15) is 4.79 Å². The van der Waals surface area contributed by atoms with E-state index in [0.29, 0.717) is 0 Å². The van der Waals surface area contributed by atoms with Crippen LogP contribution in [-0.4, -0.2) is 16.1 Å². The van der Waals surface area contributed by atoms with Crippen molar-refractivity contribution in [1.82, 2.24) is 10.2 Å². The molecule has 0 saturated carbocycles. The van der Waals surface area contributed by atoms with Crippen molar-refractivity contribution < 1.29 is 4.79 Å². The van der Waals surface area contributed by atoms with E-state index in [-0.39, 0.29) is 5.91 Å². The van der Waals surface area contributed by atoms with Crippen molar-refractivity contribution in [1.29, 1.82) is 0 Å². The number of anilines is 1. The number of carbonyl (C=O) groups is 1. The minimum Gasteiger partial charge on any atom is -0.323 e. The van der Waals surface area contributed by atoms with Gasteiger partial charge in [0.15, 0.2) is 0 Å². The molecular formula is C12H11N3O. The predicted molar refractivity (Wildman–Crippen MR) is 62.9 cm³/mol. The zero-order valence-electron chi connectivity index (χ0n) is 8.60. The van der Waals surface area contributed by atoms with Crippen molar-refractivity contribution >= 4 is 11.6 Å². The van der Waals surface area contributed by atoms with E-state index in [1.165, 1.54) is 6.08 Å². The van der Waals surface area contributed by atoms with Gasteiger partial charge in [0.1, 0.15) is 0 Å². The summed E-state index contributed by atoms with van der Waals surface area (Å²) in [6, 6.07) is 9.37. The fourth-order valence-electron chi connectivity index (χ4n) is 1.37. The maximum atomic E-state index is 11.1. The average Bonchev–Trinajstić information content (AvgIpc) is 2.83. The Balaban J connectivity index is 2.26. The fraction of sp³-hybridized carbons (Fsp3) is 0. The first-order chi connectivity index (χ1) is 7.79. The molecule has 0 aliphatic carbocycles.